The summed E-state index contributed by atoms with van der Waals surface area (Å²) in [5.74, 6) is 0.645. The molecule has 122 valence electrons. The number of thioether (sulfide) groups is 1. The Labute approximate surface area is 147 Å². The number of hydrogen-bond acceptors (Lipinski definition) is 7. The molecule has 0 fully saturated rings. The van der Waals surface area contributed by atoms with Gasteiger partial charge < -0.3 is 15.9 Å². The standard InChI is InChI=1S/C16H13ClN4O2S/c17-10-5-8(1-2-12(10)23)13-9(6-18)16(24-4-3-22)21-15(19)14(13)11-7-20-11/h1-2,5,7,11,22-23H,3-4H2,(H2,19,21). The van der Waals surface area contributed by atoms with E-state index in [0.717, 1.165) is 0 Å². The molecule has 0 spiro atoms. The van der Waals surface area contributed by atoms with Crippen LogP contribution in [0.3, 0.4) is 0 Å². The highest BCUT2D eigenvalue weighted by Crippen LogP contribution is 2.43. The molecule has 1 atom stereocenters. The number of phenolic OH excluding ortho intramolecular Hbond substituents is 1. The van der Waals surface area contributed by atoms with Gasteiger partial charge >= 0.3 is 0 Å². The normalized spacial score (nSPS) is 15.3. The van der Waals surface area contributed by atoms with Crippen LogP contribution in [0.15, 0.2) is 28.2 Å². The van der Waals surface area contributed by atoms with E-state index < -0.39 is 0 Å². The number of anilines is 1. The summed E-state index contributed by atoms with van der Waals surface area (Å²) < 4.78 is 0. The second-order valence-electron chi connectivity index (χ2n) is 5.06. The molecule has 2 aromatic rings. The summed E-state index contributed by atoms with van der Waals surface area (Å²) in [5, 5.41) is 29.0. The highest BCUT2D eigenvalue weighted by atomic mass is 35.5. The largest absolute Gasteiger partial charge is 0.506 e. The van der Waals surface area contributed by atoms with E-state index in [4.69, 9.17) is 22.4 Å². The van der Waals surface area contributed by atoms with Crippen LogP contribution >= 0.6 is 23.4 Å². The van der Waals surface area contributed by atoms with E-state index in [1.807, 2.05) is 0 Å². The number of nitriles is 1. The summed E-state index contributed by atoms with van der Waals surface area (Å²) in [7, 11) is 0. The van der Waals surface area contributed by atoms with E-state index in [-0.39, 0.29) is 29.2 Å². The van der Waals surface area contributed by atoms with Crippen LogP contribution in [0.4, 0.5) is 5.82 Å². The van der Waals surface area contributed by atoms with Crippen molar-refractivity contribution in [1.82, 2.24) is 4.98 Å². The third-order valence-corrected chi connectivity index (χ3v) is 4.76. The van der Waals surface area contributed by atoms with Crippen molar-refractivity contribution < 1.29 is 10.2 Å². The van der Waals surface area contributed by atoms with Gasteiger partial charge in [0.1, 0.15) is 28.7 Å². The first-order valence-electron chi connectivity index (χ1n) is 7.06. The van der Waals surface area contributed by atoms with E-state index in [1.54, 1.807) is 18.3 Å². The number of phenols is 1. The fourth-order valence-electron chi connectivity index (χ4n) is 2.40. The van der Waals surface area contributed by atoms with Crippen LogP contribution in [0, 0.1) is 11.3 Å². The van der Waals surface area contributed by atoms with Gasteiger partial charge in [0, 0.05) is 23.1 Å². The van der Waals surface area contributed by atoms with E-state index in [0.29, 0.717) is 33.0 Å². The van der Waals surface area contributed by atoms with E-state index >= 15 is 0 Å². The third kappa shape index (κ3) is 3.04. The maximum Gasteiger partial charge on any atom is 0.134 e. The first-order chi connectivity index (χ1) is 11.6. The zero-order chi connectivity index (χ0) is 17.3. The second-order valence-corrected chi connectivity index (χ2v) is 6.55. The molecule has 0 radical (unpaired) electrons. The molecule has 1 aliphatic heterocycles. The summed E-state index contributed by atoms with van der Waals surface area (Å²) in [6, 6.07) is 6.69. The van der Waals surface area contributed by atoms with Crippen molar-refractivity contribution in [3.05, 3.63) is 34.3 Å². The van der Waals surface area contributed by atoms with Gasteiger partial charge in [0.05, 0.1) is 17.2 Å². The number of aromatic hydroxyl groups is 1. The highest BCUT2D eigenvalue weighted by molar-refractivity contribution is 7.99. The molecular formula is C16H13ClN4O2S. The lowest BCUT2D eigenvalue weighted by Gasteiger charge is -2.16. The summed E-state index contributed by atoms with van der Waals surface area (Å²) in [4.78, 5) is 8.46. The molecule has 4 N–H and O–H groups in total. The maximum atomic E-state index is 9.67. The van der Waals surface area contributed by atoms with Gasteiger partial charge in [0.2, 0.25) is 0 Å². The average molecular weight is 361 g/mol. The predicted molar refractivity (Wildman–Crippen MR) is 94.5 cm³/mol. The number of nitrogen functional groups attached to an aromatic ring is 1. The zero-order valence-electron chi connectivity index (χ0n) is 12.4. The number of nitrogens with two attached hydrogens (primary N) is 1. The molecule has 0 amide bonds. The molecule has 1 aromatic heterocycles. The number of aliphatic hydroxyl groups is 1. The molecule has 3 rings (SSSR count). The molecule has 8 heteroatoms. The quantitative estimate of drug-likeness (QED) is 0.706. The van der Waals surface area contributed by atoms with Gasteiger partial charge in [-0.05, 0) is 17.7 Å². The van der Waals surface area contributed by atoms with Crippen molar-refractivity contribution in [1.29, 1.82) is 5.26 Å². The SMILES string of the molecule is N#Cc1c(SCCO)nc(N)c(C2C=N2)c1-c1ccc(O)c(Cl)c1. The highest BCUT2D eigenvalue weighted by Gasteiger charge is 2.29. The number of aliphatic hydroxyl groups excluding tert-OH is 1. The van der Waals surface area contributed by atoms with Crippen molar-refractivity contribution in [3.8, 4) is 22.9 Å². The third-order valence-electron chi connectivity index (χ3n) is 3.50. The molecule has 0 aliphatic carbocycles. The minimum absolute atomic E-state index is 0.0367. The molecule has 0 saturated heterocycles. The zero-order valence-corrected chi connectivity index (χ0v) is 14.0. The lowest BCUT2D eigenvalue weighted by atomic mass is 9.94. The van der Waals surface area contributed by atoms with Gasteiger partial charge in [-0.15, -0.1) is 11.8 Å². The molecule has 24 heavy (non-hydrogen) atoms. The molecule has 0 saturated carbocycles. The molecular weight excluding hydrogens is 348 g/mol. The van der Waals surface area contributed by atoms with Gasteiger partial charge in [0.15, 0.2) is 0 Å². The Morgan fingerprint density at radius 3 is 2.75 bits per heavy atom. The number of aliphatic imine (C=N–C) groups is 1. The summed E-state index contributed by atoms with van der Waals surface area (Å²) in [6.07, 6.45) is 1.72. The van der Waals surface area contributed by atoms with E-state index in [1.165, 1.54) is 17.8 Å². The minimum atomic E-state index is -0.205. The molecule has 6 nitrogen and oxygen atoms in total. The van der Waals surface area contributed by atoms with Crippen LogP contribution < -0.4 is 5.73 Å². The molecule has 2 heterocycles. The number of nitrogens with zero attached hydrogens (tertiary/aromatic N) is 3. The van der Waals surface area contributed by atoms with Crippen LogP contribution in [0.25, 0.3) is 11.1 Å². The first-order valence-corrected chi connectivity index (χ1v) is 8.42. The number of hydrogen-bond donors (Lipinski definition) is 3. The number of aromatic nitrogens is 1. The Kier molecular flexibility index (Phi) is 4.62. The predicted octanol–water partition coefficient (Wildman–Crippen LogP) is 2.77. The fraction of sp³-hybridized carbons (Fsp3) is 0.188. The van der Waals surface area contributed by atoms with E-state index in [2.05, 4.69) is 16.0 Å². The van der Waals surface area contributed by atoms with Gasteiger partial charge in [-0.2, -0.15) is 5.26 Å². The average Bonchev–Trinajstić information content (AvgIpc) is 3.39. The van der Waals surface area contributed by atoms with Crippen LogP contribution in [0.5, 0.6) is 5.75 Å². The van der Waals surface area contributed by atoms with Crippen molar-refractivity contribution in [2.45, 2.75) is 11.1 Å². The van der Waals surface area contributed by atoms with Crippen LogP contribution in [-0.4, -0.2) is 33.8 Å². The van der Waals surface area contributed by atoms with Crippen molar-refractivity contribution >= 4 is 35.4 Å². The van der Waals surface area contributed by atoms with Gasteiger partial charge in [-0.1, -0.05) is 17.7 Å². The molecule has 0 bridgehead atoms. The van der Waals surface area contributed by atoms with Gasteiger partial charge in [0.25, 0.3) is 0 Å². The Morgan fingerprint density at radius 1 is 1.42 bits per heavy atom. The monoisotopic (exact) mass is 360 g/mol. The molecule has 1 aromatic carbocycles. The first kappa shape index (κ1) is 16.6. The minimum Gasteiger partial charge on any atom is -0.506 e. The second kappa shape index (κ2) is 6.69. The summed E-state index contributed by atoms with van der Waals surface area (Å²) in [5.41, 5.74) is 8.37. The van der Waals surface area contributed by atoms with Gasteiger partial charge in [-0.25, -0.2) is 4.98 Å². The van der Waals surface area contributed by atoms with Crippen LogP contribution in [-0.2, 0) is 0 Å². The summed E-state index contributed by atoms with van der Waals surface area (Å²) >= 11 is 7.28. The Balaban J connectivity index is 2.25. The maximum absolute atomic E-state index is 9.67. The Morgan fingerprint density at radius 2 is 2.17 bits per heavy atom. The topological polar surface area (TPSA) is 116 Å². The molecule has 1 aliphatic rings. The van der Waals surface area contributed by atoms with Crippen molar-refractivity contribution in [2.24, 2.45) is 4.99 Å². The molecule has 1 unspecified atom stereocenters. The Bertz CT molecular complexity index is 873. The Hall–Kier alpha value is -2.27. The number of pyridine rings is 1. The van der Waals surface area contributed by atoms with E-state index in [9.17, 15) is 10.4 Å². The lowest BCUT2D eigenvalue weighted by Crippen LogP contribution is -2.06. The summed E-state index contributed by atoms with van der Waals surface area (Å²) in [6.45, 7) is -0.0367. The number of rotatable bonds is 5. The number of halogens is 1. The van der Waals surface area contributed by atoms with Crippen LogP contribution in [0.2, 0.25) is 5.02 Å². The van der Waals surface area contributed by atoms with Gasteiger partial charge in [-0.3, -0.25) is 4.99 Å². The lowest BCUT2D eigenvalue weighted by molar-refractivity contribution is 0.322. The van der Waals surface area contributed by atoms with Crippen LogP contribution in [0.1, 0.15) is 17.2 Å². The van der Waals surface area contributed by atoms with Crippen molar-refractivity contribution in [2.75, 3.05) is 18.1 Å². The fourth-order valence-corrected chi connectivity index (χ4v) is 3.32. The number of benzene rings is 1. The smallest absolute Gasteiger partial charge is 0.134 e. The van der Waals surface area contributed by atoms with Crippen molar-refractivity contribution in [3.63, 3.8) is 0 Å².